The molecule has 0 saturated heterocycles. The molecule has 2 nitrogen and oxygen atoms in total. The number of hydrogen-bond acceptors (Lipinski definition) is 2. The van der Waals surface area contributed by atoms with E-state index in [0.717, 1.165) is 42.2 Å². The average molecular weight is 292 g/mol. The topological polar surface area (TPSA) is 21.3 Å². The summed E-state index contributed by atoms with van der Waals surface area (Å²) in [5, 5.41) is 4.21. The summed E-state index contributed by atoms with van der Waals surface area (Å²) in [4.78, 5) is 0. The van der Waals surface area contributed by atoms with E-state index in [1.165, 1.54) is 12.8 Å². The lowest BCUT2D eigenvalue weighted by molar-refractivity contribution is 0.317. The van der Waals surface area contributed by atoms with Gasteiger partial charge in [-0.05, 0) is 55.2 Å². The van der Waals surface area contributed by atoms with Gasteiger partial charge in [-0.2, -0.15) is 0 Å². The normalized spacial score (nSPS) is 27.0. The van der Waals surface area contributed by atoms with Gasteiger partial charge in [-0.3, -0.25) is 0 Å². The van der Waals surface area contributed by atoms with Crippen molar-refractivity contribution >= 4 is 17.3 Å². The Bertz CT molecular complexity index is 500. The first-order chi connectivity index (χ1) is 9.76. The Morgan fingerprint density at radius 2 is 2.20 bits per heavy atom. The molecule has 0 aromatic heterocycles. The van der Waals surface area contributed by atoms with Crippen LogP contribution < -0.4 is 10.1 Å². The van der Waals surface area contributed by atoms with Crippen LogP contribution in [0.15, 0.2) is 30.4 Å². The van der Waals surface area contributed by atoms with Gasteiger partial charge in [0.2, 0.25) is 0 Å². The lowest BCUT2D eigenvalue weighted by Gasteiger charge is -2.19. The van der Waals surface area contributed by atoms with Crippen LogP contribution in [0.5, 0.6) is 5.75 Å². The highest BCUT2D eigenvalue weighted by atomic mass is 35.5. The van der Waals surface area contributed by atoms with Gasteiger partial charge in [-0.1, -0.05) is 30.7 Å². The second-order valence-corrected chi connectivity index (χ2v) is 6.32. The molecule has 0 heterocycles. The maximum atomic E-state index is 6.25. The van der Waals surface area contributed by atoms with Gasteiger partial charge in [0.25, 0.3) is 0 Å². The monoisotopic (exact) mass is 291 g/mol. The maximum absolute atomic E-state index is 6.25. The zero-order valence-corrected chi connectivity index (χ0v) is 12.7. The van der Waals surface area contributed by atoms with Crippen LogP contribution in [0, 0.1) is 17.8 Å². The highest BCUT2D eigenvalue weighted by molar-refractivity contribution is 6.32. The number of nitrogens with one attached hydrogen (secondary N) is 1. The third-order valence-corrected chi connectivity index (χ3v) is 4.67. The summed E-state index contributed by atoms with van der Waals surface area (Å²) in [6.07, 6.45) is 8.47. The average Bonchev–Trinajstić information content (AvgIpc) is 3.06. The Balaban J connectivity index is 1.55. The summed E-state index contributed by atoms with van der Waals surface area (Å²) in [6, 6.07) is 5.98. The van der Waals surface area contributed by atoms with E-state index in [9.17, 15) is 0 Å². The van der Waals surface area contributed by atoms with Crippen molar-refractivity contribution in [3.63, 3.8) is 0 Å². The molecule has 0 amide bonds. The summed E-state index contributed by atoms with van der Waals surface area (Å²) in [5.74, 6) is 3.18. The fourth-order valence-corrected chi connectivity index (χ4v) is 3.55. The molecular weight excluding hydrogens is 270 g/mol. The van der Waals surface area contributed by atoms with Crippen molar-refractivity contribution in [2.45, 2.75) is 26.2 Å². The van der Waals surface area contributed by atoms with Gasteiger partial charge in [0.1, 0.15) is 5.75 Å². The lowest BCUT2D eigenvalue weighted by Crippen LogP contribution is -2.18. The molecule has 0 spiro atoms. The molecule has 3 atom stereocenters. The van der Waals surface area contributed by atoms with Gasteiger partial charge in [-0.15, -0.1) is 0 Å². The number of ether oxygens (including phenoxy) is 1. The molecule has 1 aromatic carbocycles. The predicted octanol–water partition coefficient (Wildman–Crippen LogP) is 4.75. The maximum Gasteiger partial charge on any atom is 0.138 e. The first kappa shape index (κ1) is 13.8. The summed E-state index contributed by atoms with van der Waals surface area (Å²) in [5.41, 5.74) is 1.09. The van der Waals surface area contributed by atoms with Crippen LogP contribution in [0.2, 0.25) is 5.02 Å². The van der Waals surface area contributed by atoms with E-state index >= 15 is 0 Å². The molecule has 108 valence electrons. The molecule has 3 heteroatoms. The minimum Gasteiger partial charge on any atom is -0.492 e. The van der Waals surface area contributed by atoms with E-state index in [0.29, 0.717) is 11.6 Å². The standard InChI is InChI=1S/C17H22ClNO/c1-2-7-20-17-6-5-15(10-16(17)18)19-11-14-9-12-3-4-13(14)8-12/h3-6,10,12-14,19H,2,7-9,11H2,1H3. The van der Waals surface area contributed by atoms with Gasteiger partial charge in [0.15, 0.2) is 0 Å². The molecule has 3 unspecified atom stereocenters. The summed E-state index contributed by atoms with van der Waals surface area (Å²) >= 11 is 6.25. The van der Waals surface area contributed by atoms with Gasteiger partial charge >= 0.3 is 0 Å². The molecule has 1 saturated carbocycles. The van der Waals surface area contributed by atoms with E-state index in [1.807, 2.05) is 12.1 Å². The molecule has 3 rings (SSSR count). The molecule has 1 aromatic rings. The van der Waals surface area contributed by atoms with Gasteiger partial charge < -0.3 is 10.1 Å². The van der Waals surface area contributed by atoms with Crippen molar-refractivity contribution in [1.82, 2.24) is 0 Å². The second kappa shape index (κ2) is 6.09. The third-order valence-electron chi connectivity index (χ3n) is 4.38. The molecule has 2 aliphatic rings. The van der Waals surface area contributed by atoms with Crippen LogP contribution in [-0.4, -0.2) is 13.2 Å². The van der Waals surface area contributed by atoms with Crippen LogP contribution >= 0.6 is 11.6 Å². The molecule has 2 bridgehead atoms. The van der Waals surface area contributed by atoms with E-state index < -0.39 is 0 Å². The van der Waals surface area contributed by atoms with Crippen LogP contribution in [-0.2, 0) is 0 Å². The molecule has 1 N–H and O–H groups in total. The van der Waals surface area contributed by atoms with Crippen molar-refractivity contribution in [3.8, 4) is 5.75 Å². The van der Waals surface area contributed by atoms with Gasteiger partial charge in [-0.25, -0.2) is 0 Å². The Hall–Kier alpha value is -1.15. The first-order valence-electron chi connectivity index (χ1n) is 7.61. The molecule has 2 aliphatic carbocycles. The lowest BCUT2D eigenvalue weighted by atomic mass is 9.93. The first-order valence-corrected chi connectivity index (χ1v) is 7.98. The van der Waals surface area contributed by atoms with Crippen molar-refractivity contribution in [3.05, 3.63) is 35.4 Å². The predicted molar refractivity (Wildman–Crippen MR) is 84.6 cm³/mol. The number of rotatable bonds is 6. The van der Waals surface area contributed by atoms with Crippen molar-refractivity contribution in [2.24, 2.45) is 17.8 Å². The van der Waals surface area contributed by atoms with Crippen LogP contribution in [0.3, 0.4) is 0 Å². The Morgan fingerprint density at radius 1 is 1.30 bits per heavy atom. The quantitative estimate of drug-likeness (QED) is 0.764. The van der Waals surface area contributed by atoms with Crippen LogP contribution in [0.1, 0.15) is 26.2 Å². The SMILES string of the molecule is CCCOc1ccc(NCC2CC3C=CC2C3)cc1Cl. The molecular formula is C17H22ClNO. The fraction of sp³-hybridized carbons (Fsp3) is 0.529. The Morgan fingerprint density at radius 3 is 2.85 bits per heavy atom. The van der Waals surface area contributed by atoms with Crippen LogP contribution in [0.25, 0.3) is 0 Å². The summed E-state index contributed by atoms with van der Waals surface area (Å²) < 4.78 is 5.59. The Kier molecular flexibility index (Phi) is 4.21. The van der Waals surface area contributed by atoms with E-state index in [2.05, 4.69) is 30.5 Å². The number of benzene rings is 1. The number of allylic oxidation sites excluding steroid dienone is 2. The second-order valence-electron chi connectivity index (χ2n) is 5.91. The summed E-state index contributed by atoms with van der Waals surface area (Å²) in [7, 11) is 0. The van der Waals surface area contributed by atoms with Crippen molar-refractivity contribution < 1.29 is 4.74 Å². The van der Waals surface area contributed by atoms with E-state index in [1.54, 1.807) is 0 Å². The van der Waals surface area contributed by atoms with Crippen molar-refractivity contribution in [2.75, 3.05) is 18.5 Å². The third kappa shape index (κ3) is 2.95. The molecule has 0 aliphatic heterocycles. The smallest absolute Gasteiger partial charge is 0.138 e. The number of halogens is 1. The highest BCUT2D eigenvalue weighted by Gasteiger charge is 2.35. The minimum atomic E-state index is 0.691. The van der Waals surface area contributed by atoms with E-state index in [-0.39, 0.29) is 0 Å². The summed E-state index contributed by atoms with van der Waals surface area (Å²) in [6.45, 7) is 3.84. The highest BCUT2D eigenvalue weighted by Crippen LogP contribution is 2.43. The number of fused-ring (bicyclic) bond motifs is 2. The Labute approximate surface area is 126 Å². The zero-order valence-electron chi connectivity index (χ0n) is 11.9. The zero-order chi connectivity index (χ0) is 13.9. The van der Waals surface area contributed by atoms with Gasteiger partial charge in [0.05, 0.1) is 11.6 Å². The minimum absolute atomic E-state index is 0.691. The largest absolute Gasteiger partial charge is 0.492 e. The molecule has 20 heavy (non-hydrogen) atoms. The van der Waals surface area contributed by atoms with Crippen LogP contribution in [0.4, 0.5) is 5.69 Å². The fourth-order valence-electron chi connectivity index (χ4n) is 3.32. The number of anilines is 1. The number of hydrogen-bond donors (Lipinski definition) is 1. The van der Waals surface area contributed by atoms with Crippen molar-refractivity contribution in [1.29, 1.82) is 0 Å². The molecule has 0 radical (unpaired) electrons. The molecule has 1 fully saturated rings. The van der Waals surface area contributed by atoms with Gasteiger partial charge in [0, 0.05) is 12.2 Å². The van der Waals surface area contributed by atoms with E-state index in [4.69, 9.17) is 16.3 Å².